The SMILES string of the molecule is CNC(=O)c1ccsc1NC(=O)c1ccnc(CC(C)=O)c1. The van der Waals surface area contributed by atoms with Gasteiger partial charge in [-0.2, -0.15) is 0 Å². The first-order valence-corrected chi connectivity index (χ1v) is 7.44. The Labute approximate surface area is 131 Å². The zero-order valence-corrected chi connectivity index (χ0v) is 13.0. The Bertz CT molecular complexity index is 724. The van der Waals surface area contributed by atoms with E-state index in [1.165, 1.54) is 31.5 Å². The van der Waals surface area contributed by atoms with Crippen LogP contribution in [0, 0.1) is 0 Å². The summed E-state index contributed by atoms with van der Waals surface area (Å²) < 4.78 is 0. The van der Waals surface area contributed by atoms with Gasteiger partial charge in [0.15, 0.2) is 0 Å². The van der Waals surface area contributed by atoms with Gasteiger partial charge in [0.25, 0.3) is 11.8 Å². The standard InChI is InChI=1S/C15H15N3O3S/c1-9(19)7-11-8-10(3-5-17-11)13(20)18-15-12(4-6-22-15)14(21)16-2/h3-6,8H,7H2,1-2H3,(H,16,21)(H,18,20). The van der Waals surface area contributed by atoms with Crippen LogP contribution in [0.15, 0.2) is 29.8 Å². The molecule has 0 aliphatic heterocycles. The molecule has 0 unspecified atom stereocenters. The van der Waals surface area contributed by atoms with Gasteiger partial charge in [0.05, 0.1) is 5.56 Å². The van der Waals surface area contributed by atoms with Crippen molar-refractivity contribution >= 4 is 33.9 Å². The molecule has 0 atom stereocenters. The van der Waals surface area contributed by atoms with Crippen molar-refractivity contribution in [3.63, 3.8) is 0 Å². The van der Waals surface area contributed by atoms with E-state index in [-0.39, 0.29) is 24.0 Å². The molecule has 2 heterocycles. The van der Waals surface area contributed by atoms with E-state index in [9.17, 15) is 14.4 Å². The Morgan fingerprint density at radius 3 is 2.68 bits per heavy atom. The predicted octanol–water partition coefficient (Wildman–Crippen LogP) is 1.89. The summed E-state index contributed by atoms with van der Waals surface area (Å²) in [4.78, 5) is 39.1. The Hall–Kier alpha value is -2.54. The number of nitrogens with one attached hydrogen (secondary N) is 2. The second-order valence-corrected chi connectivity index (χ2v) is 5.53. The van der Waals surface area contributed by atoms with Crippen molar-refractivity contribution in [3.05, 3.63) is 46.6 Å². The lowest BCUT2D eigenvalue weighted by molar-refractivity contribution is -0.116. The molecular weight excluding hydrogens is 302 g/mol. The number of carbonyl (C=O) groups is 3. The molecule has 0 aliphatic rings. The van der Waals surface area contributed by atoms with Crippen molar-refractivity contribution in [2.75, 3.05) is 12.4 Å². The maximum atomic E-state index is 12.3. The molecule has 0 aromatic carbocycles. The highest BCUT2D eigenvalue weighted by atomic mass is 32.1. The molecule has 0 fully saturated rings. The molecule has 2 amide bonds. The van der Waals surface area contributed by atoms with Gasteiger partial charge in [0, 0.05) is 30.9 Å². The lowest BCUT2D eigenvalue weighted by atomic mass is 10.1. The summed E-state index contributed by atoms with van der Waals surface area (Å²) in [6, 6.07) is 4.78. The number of aromatic nitrogens is 1. The van der Waals surface area contributed by atoms with E-state index in [1.807, 2.05) is 0 Å². The number of Topliss-reactive ketones (excluding diaryl/α,β-unsaturated/α-hetero) is 1. The van der Waals surface area contributed by atoms with E-state index in [1.54, 1.807) is 23.6 Å². The first-order valence-electron chi connectivity index (χ1n) is 6.56. The van der Waals surface area contributed by atoms with Crippen LogP contribution < -0.4 is 10.6 Å². The van der Waals surface area contributed by atoms with Crippen LogP contribution >= 0.6 is 11.3 Å². The normalized spacial score (nSPS) is 10.1. The van der Waals surface area contributed by atoms with Crippen molar-refractivity contribution in [3.8, 4) is 0 Å². The van der Waals surface area contributed by atoms with E-state index in [4.69, 9.17) is 0 Å². The average Bonchev–Trinajstić information content (AvgIpc) is 2.94. The molecular formula is C15H15N3O3S. The fourth-order valence-electron chi connectivity index (χ4n) is 1.87. The summed E-state index contributed by atoms with van der Waals surface area (Å²) in [6.07, 6.45) is 1.67. The zero-order chi connectivity index (χ0) is 16.1. The van der Waals surface area contributed by atoms with Gasteiger partial charge in [0.1, 0.15) is 10.8 Å². The number of hydrogen-bond donors (Lipinski definition) is 2. The molecule has 0 saturated carbocycles. The van der Waals surface area contributed by atoms with Crippen LogP contribution in [0.3, 0.4) is 0 Å². The molecule has 6 nitrogen and oxygen atoms in total. The minimum Gasteiger partial charge on any atom is -0.355 e. The van der Waals surface area contributed by atoms with Crippen molar-refractivity contribution in [1.82, 2.24) is 10.3 Å². The summed E-state index contributed by atoms with van der Waals surface area (Å²) in [5.41, 5.74) is 1.35. The molecule has 22 heavy (non-hydrogen) atoms. The molecule has 2 N–H and O–H groups in total. The van der Waals surface area contributed by atoms with Gasteiger partial charge < -0.3 is 10.6 Å². The fourth-order valence-corrected chi connectivity index (χ4v) is 2.65. The molecule has 0 radical (unpaired) electrons. The number of thiophene rings is 1. The summed E-state index contributed by atoms with van der Waals surface area (Å²) in [5.74, 6) is -0.631. The topological polar surface area (TPSA) is 88.2 Å². The van der Waals surface area contributed by atoms with Crippen LogP contribution in [0.1, 0.15) is 33.3 Å². The largest absolute Gasteiger partial charge is 0.355 e. The van der Waals surface area contributed by atoms with E-state index >= 15 is 0 Å². The van der Waals surface area contributed by atoms with E-state index in [0.717, 1.165) is 0 Å². The van der Waals surface area contributed by atoms with Gasteiger partial charge in [-0.3, -0.25) is 19.4 Å². The minimum absolute atomic E-state index is 0.0229. The first-order chi connectivity index (χ1) is 10.5. The Kier molecular flexibility index (Phi) is 5.00. The van der Waals surface area contributed by atoms with Crippen molar-refractivity contribution in [1.29, 1.82) is 0 Å². The van der Waals surface area contributed by atoms with Gasteiger partial charge in [-0.05, 0) is 30.5 Å². The molecule has 0 aliphatic carbocycles. The second-order valence-electron chi connectivity index (χ2n) is 4.61. The number of ketones is 1. The Morgan fingerprint density at radius 1 is 1.23 bits per heavy atom. The third kappa shape index (κ3) is 3.76. The predicted molar refractivity (Wildman–Crippen MR) is 84.3 cm³/mol. The molecule has 2 rings (SSSR count). The summed E-state index contributed by atoms with van der Waals surface area (Å²) in [7, 11) is 1.53. The van der Waals surface area contributed by atoms with Gasteiger partial charge in [-0.25, -0.2) is 0 Å². The number of carbonyl (C=O) groups excluding carboxylic acids is 3. The minimum atomic E-state index is -0.347. The molecule has 7 heteroatoms. The Morgan fingerprint density at radius 2 is 2.00 bits per heavy atom. The van der Waals surface area contributed by atoms with Gasteiger partial charge in [0.2, 0.25) is 0 Å². The fraction of sp³-hybridized carbons (Fsp3) is 0.200. The maximum Gasteiger partial charge on any atom is 0.256 e. The van der Waals surface area contributed by atoms with Crippen molar-refractivity contribution in [2.24, 2.45) is 0 Å². The number of rotatable bonds is 5. The van der Waals surface area contributed by atoms with Crippen molar-refractivity contribution < 1.29 is 14.4 Å². The number of amides is 2. The Balaban J connectivity index is 2.18. The smallest absolute Gasteiger partial charge is 0.256 e. The van der Waals surface area contributed by atoms with Crippen LogP contribution in [0.2, 0.25) is 0 Å². The summed E-state index contributed by atoms with van der Waals surface area (Å²) in [6.45, 7) is 1.47. The van der Waals surface area contributed by atoms with Gasteiger partial charge in [-0.1, -0.05) is 0 Å². The summed E-state index contributed by atoms with van der Waals surface area (Å²) in [5, 5.41) is 7.44. The molecule has 0 saturated heterocycles. The highest BCUT2D eigenvalue weighted by molar-refractivity contribution is 7.14. The summed E-state index contributed by atoms with van der Waals surface area (Å²) >= 11 is 1.27. The van der Waals surface area contributed by atoms with E-state index in [2.05, 4.69) is 15.6 Å². The van der Waals surface area contributed by atoms with Crippen molar-refractivity contribution in [2.45, 2.75) is 13.3 Å². The quantitative estimate of drug-likeness (QED) is 0.881. The highest BCUT2D eigenvalue weighted by Crippen LogP contribution is 2.23. The third-order valence-electron chi connectivity index (χ3n) is 2.87. The molecule has 2 aromatic heterocycles. The van der Waals surface area contributed by atoms with Gasteiger partial charge in [-0.15, -0.1) is 11.3 Å². The van der Waals surface area contributed by atoms with Crippen LogP contribution in [-0.2, 0) is 11.2 Å². The second kappa shape index (κ2) is 6.95. The average molecular weight is 317 g/mol. The van der Waals surface area contributed by atoms with E-state index < -0.39 is 0 Å². The zero-order valence-electron chi connectivity index (χ0n) is 12.2. The van der Waals surface area contributed by atoms with Crippen LogP contribution in [0.4, 0.5) is 5.00 Å². The number of hydrogen-bond acceptors (Lipinski definition) is 5. The van der Waals surface area contributed by atoms with Crippen LogP contribution in [-0.4, -0.2) is 29.6 Å². The lowest BCUT2D eigenvalue weighted by Gasteiger charge is -2.06. The highest BCUT2D eigenvalue weighted by Gasteiger charge is 2.15. The molecule has 0 bridgehead atoms. The number of anilines is 1. The third-order valence-corrected chi connectivity index (χ3v) is 3.70. The maximum absolute atomic E-state index is 12.3. The lowest BCUT2D eigenvalue weighted by Crippen LogP contribution is -2.20. The molecule has 0 spiro atoms. The first kappa shape index (κ1) is 15.8. The molecule has 114 valence electrons. The van der Waals surface area contributed by atoms with E-state index in [0.29, 0.717) is 21.8 Å². The molecule has 2 aromatic rings. The number of pyridine rings is 1. The number of nitrogens with zero attached hydrogens (tertiary/aromatic N) is 1. The van der Waals surface area contributed by atoms with Crippen LogP contribution in [0.5, 0.6) is 0 Å². The van der Waals surface area contributed by atoms with Crippen LogP contribution in [0.25, 0.3) is 0 Å². The van der Waals surface area contributed by atoms with Gasteiger partial charge >= 0.3 is 0 Å². The monoisotopic (exact) mass is 317 g/mol.